The first-order valence-corrected chi connectivity index (χ1v) is 19.9. The Morgan fingerprint density at radius 1 is 0.632 bits per heavy atom. The molecule has 7 heteroatoms. The van der Waals surface area contributed by atoms with Gasteiger partial charge in [0.2, 0.25) is 0 Å². The van der Waals surface area contributed by atoms with Crippen LogP contribution in [-0.2, 0) is 31.9 Å². The van der Waals surface area contributed by atoms with E-state index in [2.05, 4.69) is 184 Å². The van der Waals surface area contributed by atoms with Gasteiger partial charge in [-0.25, -0.2) is 4.98 Å². The van der Waals surface area contributed by atoms with Gasteiger partial charge in [-0.05, 0) is 69.1 Å². The molecular formula is C50H41N4OPtS-3. The Morgan fingerprint density at radius 3 is 2.07 bits per heavy atom. The Labute approximate surface area is 352 Å². The van der Waals surface area contributed by atoms with E-state index < -0.39 is 0 Å². The van der Waals surface area contributed by atoms with Gasteiger partial charge in [0.15, 0.2) is 0 Å². The van der Waals surface area contributed by atoms with Gasteiger partial charge in [-0.3, -0.25) is 0 Å². The molecule has 0 fully saturated rings. The molecule has 1 aliphatic heterocycles. The number of pyridine rings is 1. The third-order valence-electron chi connectivity index (χ3n) is 10.9. The molecule has 0 atom stereocenters. The van der Waals surface area contributed by atoms with E-state index >= 15 is 0 Å². The predicted octanol–water partition coefficient (Wildman–Crippen LogP) is 13.9. The van der Waals surface area contributed by atoms with Crippen LogP contribution in [0.15, 0.2) is 134 Å². The van der Waals surface area contributed by atoms with Gasteiger partial charge < -0.3 is 19.1 Å². The molecule has 4 heterocycles. The Morgan fingerprint density at radius 2 is 1.33 bits per heavy atom. The summed E-state index contributed by atoms with van der Waals surface area (Å²) in [6.45, 7) is 15.5. The van der Waals surface area contributed by atoms with Crippen LogP contribution in [0.4, 0.5) is 22.7 Å². The zero-order valence-corrected chi connectivity index (χ0v) is 35.8. The number of fused-ring (bicyclic) bond motifs is 8. The molecular weight excluding hydrogens is 900 g/mol. The van der Waals surface area contributed by atoms with Crippen LogP contribution in [0, 0.1) is 18.8 Å². The summed E-state index contributed by atoms with van der Waals surface area (Å²) >= 11 is 1.82. The summed E-state index contributed by atoms with van der Waals surface area (Å²) in [6, 6.07) is 52.2. The van der Waals surface area contributed by atoms with E-state index in [9.17, 15) is 0 Å². The molecule has 10 rings (SSSR count). The van der Waals surface area contributed by atoms with Crippen LogP contribution in [0.1, 0.15) is 52.7 Å². The maximum absolute atomic E-state index is 6.62. The number of benzene rings is 6. The van der Waals surface area contributed by atoms with E-state index in [1.807, 2.05) is 35.7 Å². The molecule has 0 saturated heterocycles. The van der Waals surface area contributed by atoms with Crippen molar-refractivity contribution in [3.05, 3.63) is 164 Å². The van der Waals surface area contributed by atoms with E-state index in [-0.39, 0.29) is 31.9 Å². The number of hydrogen-bond donors (Lipinski definition) is 0. The summed E-state index contributed by atoms with van der Waals surface area (Å²) in [5.74, 6) is 2.08. The number of hydrogen-bond acceptors (Lipinski definition) is 5. The van der Waals surface area contributed by atoms with Crippen molar-refractivity contribution < 1.29 is 25.8 Å². The second kappa shape index (κ2) is 13.9. The number of para-hydroxylation sites is 2. The first-order chi connectivity index (χ1) is 27.0. The third-order valence-corrected chi connectivity index (χ3v) is 12.0. The normalized spacial score (nSPS) is 13.2. The second-order valence-electron chi connectivity index (χ2n) is 16.7. The van der Waals surface area contributed by atoms with E-state index in [1.165, 1.54) is 36.7 Å². The zero-order chi connectivity index (χ0) is 38.3. The molecule has 0 amide bonds. The second-order valence-corrected chi connectivity index (χ2v) is 17.7. The summed E-state index contributed by atoms with van der Waals surface area (Å²) in [6.07, 6.45) is 2.01. The minimum Gasteiger partial charge on any atom is -0.509 e. The maximum atomic E-state index is 6.62. The van der Waals surface area contributed by atoms with Gasteiger partial charge in [-0.2, -0.15) is 12.1 Å². The van der Waals surface area contributed by atoms with Crippen molar-refractivity contribution in [2.45, 2.75) is 52.4 Å². The van der Waals surface area contributed by atoms with E-state index in [0.29, 0.717) is 11.5 Å². The zero-order valence-electron chi connectivity index (χ0n) is 32.7. The number of rotatable bonds is 5. The summed E-state index contributed by atoms with van der Waals surface area (Å²) < 4.78 is 11.4. The van der Waals surface area contributed by atoms with Crippen molar-refractivity contribution in [3.63, 3.8) is 0 Å². The molecule has 0 N–H and O–H groups in total. The molecule has 286 valence electrons. The van der Waals surface area contributed by atoms with Gasteiger partial charge in [0.05, 0.1) is 5.52 Å². The smallest absolute Gasteiger partial charge is 0.135 e. The SMILES string of the molecule is CC(C)(C)c1ccc(N2[CH-]N(c3[c-]c(Oc4[c-]c5c(cc4)c4sc6ccc7ccccc7c6c4n5-c4ccc(C(C)(C)C)cn4)ccc3)c3ccccc32)cc1.[Pt]. The minimum absolute atomic E-state index is 0. The van der Waals surface area contributed by atoms with Crippen LogP contribution in [-0.4, -0.2) is 9.55 Å². The van der Waals surface area contributed by atoms with Crippen LogP contribution >= 0.6 is 11.3 Å². The van der Waals surface area contributed by atoms with Crippen molar-refractivity contribution in [2.75, 3.05) is 9.80 Å². The summed E-state index contributed by atoms with van der Waals surface area (Å²) in [4.78, 5) is 9.48. The molecule has 0 unspecified atom stereocenters. The summed E-state index contributed by atoms with van der Waals surface area (Å²) in [5, 5.41) is 4.81. The predicted molar refractivity (Wildman–Crippen MR) is 235 cm³/mol. The molecule has 9 aromatic rings. The number of aromatic nitrogens is 2. The van der Waals surface area contributed by atoms with Crippen molar-refractivity contribution >= 4 is 76.1 Å². The Kier molecular flexibility index (Phi) is 9.06. The number of anilines is 4. The molecule has 0 radical (unpaired) electrons. The van der Waals surface area contributed by atoms with Gasteiger partial charge in [-0.15, -0.1) is 54.0 Å². The van der Waals surface area contributed by atoms with Crippen LogP contribution in [0.25, 0.3) is 47.8 Å². The van der Waals surface area contributed by atoms with E-state index in [0.717, 1.165) is 45.0 Å². The van der Waals surface area contributed by atoms with Crippen LogP contribution in [0.2, 0.25) is 0 Å². The van der Waals surface area contributed by atoms with E-state index in [4.69, 9.17) is 9.72 Å². The molecule has 6 aromatic carbocycles. The Hall–Kier alpha value is -5.42. The topological polar surface area (TPSA) is 33.5 Å². The van der Waals surface area contributed by atoms with Gasteiger partial charge in [0, 0.05) is 70.6 Å². The number of thiophene rings is 1. The maximum Gasteiger partial charge on any atom is 0.135 e. The first kappa shape index (κ1) is 37.2. The Balaban J connectivity index is 0.00000422. The number of ether oxygens (including phenoxy) is 1. The molecule has 3 aromatic heterocycles. The average Bonchev–Trinajstić information content (AvgIpc) is 3.87. The summed E-state index contributed by atoms with van der Waals surface area (Å²) in [7, 11) is 0. The molecule has 1 aliphatic rings. The first-order valence-electron chi connectivity index (χ1n) is 19.1. The van der Waals surface area contributed by atoms with Crippen molar-refractivity contribution in [2.24, 2.45) is 0 Å². The number of nitrogens with zero attached hydrogens (tertiary/aromatic N) is 4. The molecule has 57 heavy (non-hydrogen) atoms. The van der Waals surface area contributed by atoms with Crippen LogP contribution in [0.3, 0.4) is 0 Å². The largest absolute Gasteiger partial charge is 0.509 e. The monoisotopic (exact) mass is 940 g/mol. The average molecular weight is 941 g/mol. The molecule has 5 nitrogen and oxygen atoms in total. The Bertz CT molecular complexity index is 2950. The van der Waals surface area contributed by atoms with Gasteiger partial charge >= 0.3 is 0 Å². The van der Waals surface area contributed by atoms with Crippen molar-refractivity contribution in [3.8, 4) is 17.3 Å². The molecule has 0 saturated carbocycles. The fraction of sp³-hybridized carbons (Fsp3) is 0.160. The molecule has 0 aliphatic carbocycles. The fourth-order valence-corrected chi connectivity index (χ4v) is 9.05. The summed E-state index contributed by atoms with van der Waals surface area (Å²) in [5.41, 5.74) is 8.84. The van der Waals surface area contributed by atoms with Crippen LogP contribution < -0.4 is 14.5 Å². The fourth-order valence-electron chi connectivity index (χ4n) is 7.82. The quantitative estimate of drug-likeness (QED) is 0.161. The van der Waals surface area contributed by atoms with Crippen molar-refractivity contribution in [1.29, 1.82) is 0 Å². The minimum atomic E-state index is -0.00600. The third kappa shape index (κ3) is 6.40. The molecule has 0 spiro atoms. The molecule has 0 bridgehead atoms. The standard InChI is InChI=1S/C50H41N4OS.Pt/c1-49(2,3)33-19-22-35(23-20-33)52-31-53(42-17-10-9-16-41(42)52)36-13-11-14-37(28-36)55-38-24-25-40-43(29-38)54(45-27-21-34(30-51-45)50(4,5)6)47-46-39-15-8-7-12-32(39)18-26-44(46)56-48(40)47;/h7-27,30-31H,1-6H3;/q-3;. The van der Waals surface area contributed by atoms with Gasteiger partial charge in [-0.1, -0.05) is 113 Å². The van der Waals surface area contributed by atoms with Crippen molar-refractivity contribution in [1.82, 2.24) is 9.55 Å². The van der Waals surface area contributed by atoms with Gasteiger partial charge in [0.25, 0.3) is 0 Å². The van der Waals surface area contributed by atoms with E-state index in [1.54, 1.807) is 0 Å². The van der Waals surface area contributed by atoms with Gasteiger partial charge in [0.1, 0.15) is 5.82 Å². The van der Waals surface area contributed by atoms with Crippen LogP contribution in [0.5, 0.6) is 11.5 Å².